The van der Waals surface area contributed by atoms with E-state index in [1.807, 2.05) is 60.4 Å². The Hall–Kier alpha value is -3.16. The lowest BCUT2D eigenvalue weighted by molar-refractivity contribution is 0.0746. The Bertz CT molecular complexity index is 990. The molecule has 0 saturated carbocycles. The molecule has 0 radical (unpaired) electrons. The molecule has 1 aliphatic heterocycles. The zero-order chi connectivity index (χ0) is 19.7. The highest BCUT2D eigenvalue weighted by atomic mass is 16.5. The number of benzene rings is 1. The molecule has 0 aliphatic carbocycles. The van der Waals surface area contributed by atoms with Gasteiger partial charge in [0.25, 0.3) is 11.7 Å². The molecule has 1 saturated heterocycles. The summed E-state index contributed by atoms with van der Waals surface area (Å²) in [4.78, 5) is 21.5. The van der Waals surface area contributed by atoms with Crippen LogP contribution in [0.15, 0.2) is 30.3 Å². The summed E-state index contributed by atoms with van der Waals surface area (Å²) >= 11 is 0. The van der Waals surface area contributed by atoms with Gasteiger partial charge in [-0.1, -0.05) is 0 Å². The van der Waals surface area contributed by atoms with Crippen LogP contribution >= 0.6 is 0 Å². The van der Waals surface area contributed by atoms with Crippen molar-refractivity contribution in [3.8, 4) is 5.75 Å². The largest absolute Gasteiger partial charge is 0.494 e. The monoisotopic (exact) mass is 380 g/mol. The number of aromatic nitrogens is 4. The normalized spacial score (nSPS) is 14.5. The van der Waals surface area contributed by atoms with E-state index < -0.39 is 0 Å². The van der Waals surface area contributed by atoms with E-state index in [1.165, 1.54) is 0 Å². The molecule has 0 bridgehead atoms. The van der Waals surface area contributed by atoms with Gasteiger partial charge in [0.05, 0.1) is 6.61 Å². The van der Waals surface area contributed by atoms with Crippen molar-refractivity contribution >= 4 is 17.5 Å². The molecule has 3 heterocycles. The molecule has 146 valence electrons. The smallest absolute Gasteiger partial charge is 0.257 e. The van der Waals surface area contributed by atoms with E-state index in [9.17, 15) is 4.79 Å². The lowest BCUT2D eigenvalue weighted by atomic mass is 10.1. The standard InChI is InChI=1S/C20H24N6O2/c1-4-28-17-7-5-16(6-8-17)19(27)25-11-9-24(10-12-25)18-13-14(2)26-15(3)22-23-20(26)21-18/h5-8,13H,4,9-12H2,1-3H3. The van der Waals surface area contributed by atoms with Crippen LogP contribution in [0.2, 0.25) is 0 Å². The third-order valence-electron chi connectivity index (χ3n) is 5.02. The Labute approximate surface area is 163 Å². The molecule has 0 spiro atoms. The van der Waals surface area contributed by atoms with E-state index in [2.05, 4.69) is 20.1 Å². The van der Waals surface area contributed by atoms with Crippen molar-refractivity contribution < 1.29 is 9.53 Å². The first kappa shape index (κ1) is 18.2. The number of carbonyl (C=O) groups is 1. The van der Waals surface area contributed by atoms with Gasteiger partial charge < -0.3 is 14.5 Å². The molecule has 1 amide bonds. The van der Waals surface area contributed by atoms with Gasteiger partial charge in [-0.3, -0.25) is 9.20 Å². The van der Waals surface area contributed by atoms with Crippen molar-refractivity contribution in [1.29, 1.82) is 0 Å². The molecule has 1 fully saturated rings. The van der Waals surface area contributed by atoms with E-state index >= 15 is 0 Å². The van der Waals surface area contributed by atoms with Crippen LogP contribution in [0.25, 0.3) is 5.78 Å². The maximum atomic E-state index is 12.8. The van der Waals surface area contributed by atoms with Gasteiger partial charge >= 0.3 is 0 Å². The van der Waals surface area contributed by atoms with Gasteiger partial charge in [-0.15, -0.1) is 10.2 Å². The first-order valence-corrected chi connectivity index (χ1v) is 9.53. The number of rotatable bonds is 4. The quantitative estimate of drug-likeness (QED) is 0.690. The summed E-state index contributed by atoms with van der Waals surface area (Å²) < 4.78 is 7.38. The molecule has 0 N–H and O–H groups in total. The number of amides is 1. The number of carbonyl (C=O) groups excluding carboxylic acids is 1. The van der Waals surface area contributed by atoms with E-state index in [-0.39, 0.29) is 5.91 Å². The molecular formula is C20H24N6O2. The number of hydrogen-bond donors (Lipinski definition) is 0. The van der Waals surface area contributed by atoms with Crippen molar-refractivity contribution in [1.82, 2.24) is 24.5 Å². The van der Waals surface area contributed by atoms with Crippen molar-refractivity contribution in [3.63, 3.8) is 0 Å². The highest BCUT2D eigenvalue weighted by Crippen LogP contribution is 2.19. The second-order valence-corrected chi connectivity index (χ2v) is 6.87. The summed E-state index contributed by atoms with van der Waals surface area (Å²) in [5, 5.41) is 8.24. The van der Waals surface area contributed by atoms with Crippen molar-refractivity contribution in [2.75, 3.05) is 37.7 Å². The van der Waals surface area contributed by atoms with Crippen molar-refractivity contribution in [3.05, 3.63) is 47.4 Å². The predicted octanol–water partition coefficient (Wildman–Crippen LogP) is 2.10. The number of hydrogen-bond acceptors (Lipinski definition) is 6. The van der Waals surface area contributed by atoms with Gasteiger partial charge in [0, 0.05) is 43.5 Å². The molecule has 1 aliphatic rings. The average molecular weight is 380 g/mol. The Morgan fingerprint density at radius 3 is 2.46 bits per heavy atom. The number of fused-ring (bicyclic) bond motifs is 1. The van der Waals surface area contributed by atoms with Gasteiger partial charge in [-0.2, -0.15) is 4.98 Å². The van der Waals surface area contributed by atoms with Gasteiger partial charge in [-0.05, 0) is 45.0 Å². The van der Waals surface area contributed by atoms with Crippen LogP contribution in [-0.2, 0) is 0 Å². The van der Waals surface area contributed by atoms with Crippen LogP contribution in [0.5, 0.6) is 5.75 Å². The second-order valence-electron chi connectivity index (χ2n) is 6.87. The Balaban J connectivity index is 1.43. The summed E-state index contributed by atoms with van der Waals surface area (Å²) in [5.74, 6) is 3.16. The number of aryl methyl sites for hydroxylation is 2. The minimum absolute atomic E-state index is 0.0513. The zero-order valence-corrected chi connectivity index (χ0v) is 16.4. The summed E-state index contributed by atoms with van der Waals surface area (Å²) in [6, 6.07) is 9.39. The third kappa shape index (κ3) is 3.37. The van der Waals surface area contributed by atoms with E-state index in [4.69, 9.17) is 4.74 Å². The van der Waals surface area contributed by atoms with Crippen LogP contribution < -0.4 is 9.64 Å². The maximum absolute atomic E-state index is 12.8. The molecular weight excluding hydrogens is 356 g/mol. The molecule has 8 nitrogen and oxygen atoms in total. The van der Waals surface area contributed by atoms with Crippen LogP contribution in [0.4, 0.5) is 5.82 Å². The molecule has 28 heavy (non-hydrogen) atoms. The maximum Gasteiger partial charge on any atom is 0.257 e. The summed E-state index contributed by atoms with van der Waals surface area (Å²) in [5.41, 5.74) is 1.74. The average Bonchev–Trinajstić information content (AvgIpc) is 3.10. The summed E-state index contributed by atoms with van der Waals surface area (Å²) in [7, 11) is 0. The molecule has 3 aromatic rings. The molecule has 4 rings (SSSR count). The molecule has 8 heteroatoms. The highest BCUT2D eigenvalue weighted by molar-refractivity contribution is 5.94. The van der Waals surface area contributed by atoms with Gasteiger partial charge in [-0.25, -0.2) is 0 Å². The van der Waals surface area contributed by atoms with Crippen LogP contribution in [0.3, 0.4) is 0 Å². The van der Waals surface area contributed by atoms with E-state index in [0.717, 1.165) is 36.2 Å². The minimum atomic E-state index is 0.0513. The lowest BCUT2D eigenvalue weighted by Crippen LogP contribution is -2.49. The minimum Gasteiger partial charge on any atom is -0.494 e. The van der Waals surface area contributed by atoms with Gasteiger partial charge in [0.2, 0.25) is 0 Å². The van der Waals surface area contributed by atoms with Crippen LogP contribution in [0, 0.1) is 13.8 Å². The van der Waals surface area contributed by atoms with E-state index in [0.29, 0.717) is 31.0 Å². The van der Waals surface area contributed by atoms with E-state index in [1.54, 1.807) is 0 Å². The second kappa shape index (κ2) is 7.46. The first-order valence-electron chi connectivity index (χ1n) is 9.53. The fourth-order valence-corrected chi connectivity index (χ4v) is 3.57. The SMILES string of the molecule is CCOc1ccc(C(=O)N2CCN(c3cc(C)n4c(C)nnc4n3)CC2)cc1. The molecule has 2 aromatic heterocycles. The van der Waals surface area contributed by atoms with Gasteiger partial charge in [0.1, 0.15) is 17.4 Å². The number of anilines is 1. The molecule has 0 unspecified atom stereocenters. The van der Waals surface area contributed by atoms with Crippen LogP contribution in [0.1, 0.15) is 28.8 Å². The van der Waals surface area contributed by atoms with Crippen LogP contribution in [-0.4, -0.2) is 63.2 Å². The lowest BCUT2D eigenvalue weighted by Gasteiger charge is -2.35. The summed E-state index contributed by atoms with van der Waals surface area (Å²) in [6.45, 7) is 9.28. The predicted molar refractivity (Wildman–Crippen MR) is 106 cm³/mol. The van der Waals surface area contributed by atoms with Gasteiger partial charge in [0.15, 0.2) is 0 Å². The summed E-state index contributed by atoms with van der Waals surface area (Å²) in [6.07, 6.45) is 0. The highest BCUT2D eigenvalue weighted by Gasteiger charge is 2.23. The fourth-order valence-electron chi connectivity index (χ4n) is 3.57. The fraction of sp³-hybridized carbons (Fsp3) is 0.400. The number of ether oxygens (including phenoxy) is 1. The number of nitrogens with zero attached hydrogens (tertiary/aromatic N) is 6. The van der Waals surface area contributed by atoms with Crippen molar-refractivity contribution in [2.45, 2.75) is 20.8 Å². The Morgan fingerprint density at radius 1 is 1.07 bits per heavy atom. The first-order chi connectivity index (χ1) is 13.6. The topological polar surface area (TPSA) is 75.9 Å². The van der Waals surface area contributed by atoms with Crippen molar-refractivity contribution in [2.24, 2.45) is 0 Å². The molecule has 1 aromatic carbocycles. The molecule has 0 atom stereocenters. The third-order valence-corrected chi connectivity index (χ3v) is 5.02. The Kier molecular flexibility index (Phi) is 4.85. The zero-order valence-electron chi connectivity index (χ0n) is 16.4. The Morgan fingerprint density at radius 2 is 1.79 bits per heavy atom. The number of piperazine rings is 1.